The third-order valence-corrected chi connectivity index (χ3v) is 3.45. The summed E-state index contributed by atoms with van der Waals surface area (Å²) in [7, 11) is 2.97. The Kier molecular flexibility index (Phi) is 6.36. The van der Waals surface area contributed by atoms with Gasteiger partial charge in [0.05, 0.1) is 19.9 Å². The Morgan fingerprint density at radius 2 is 1.76 bits per heavy atom. The molecular formula is C14H19NO5S. The van der Waals surface area contributed by atoms with Crippen molar-refractivity contribution in [1.29, 1.82) is 0 Å². The van der Waals surface area contributed by atoms with Gasteiger partial charge < -0.3 is 19.5 Å². The zero-order valence-corrected chi connectivity index (χ0v) is 13.1. The van der Waals surface area contributed by atoms with Gasteiger partial charge in [0.25, 0.3) is 0 Å². The van der Waals surface area contributed by atoms with E-state index in [0.29, 0.717) is 22.9 Å². The number of nitrogens with zero attached hydrogens (tertiary/aromatic N) is 1. The second kappa shape index (κ2) is 7.78. The SMILES string of the molecule is COc1cc(OC)cc(N(CC(=O)O)C(=O)[C@@H](C)CS)c1. The molecule has 0 fully saturated rings. The first kappa shape index (κ1) is 17.2. The topological polar surface area (TPSA) is 76.1 Å². The van der Waals surface area contributed by atoms with Crippen LogP contribution in [0.2, 0.25) is 0 Å². The molecule has 0 radical (unpaired) electrons. The van der Waals surface area contributed by atoms with Gasteiger partial charge in [0.2, 0.25) is 5.91 Å². The van der Waals surface area contributed by atoms with Crippen molar-refractivity contribution in [2.45, 2.75) is 6.92 Å². The zero-order valence-electron chi connectivity index (χ0n) is 12.2. The summed E-state index contributed by atoms with van der Waals surface area (Å²) in [5.41, 5.74) is 0.409. The number of carboxylic acid groups (broad SMARTS) is 1. The molecule has 1 amide bonds. The first-order valence-corrected chi connectivity index (χ1v) is 6.93. The molecule has 0 aliphatic heterocycles. The van der Waals surface area contributed by atoms with Crippen LogP contribution in [0, 0.1) is 5.92 Å². The Balaban J connectivity index is 3.24. The van der Waals surface area contributed by atoms with E-state index in [2.05, 4.69) is 12.6 Å². The fraction of sp³-hybridized carbons (Fsp3) is 0.429. The largest absolute Gasteiger partial charge is 0.497 e. The smallest absolute Gasteiger partial charge is 0.323 e. The van der Waals surface area contributed by atoms with E-state index in [4.69, 9.17) is 14.6 Å². The lowest BCUT2D eigenvalue weighted by atomic mass is 10.1. The first-order chi connectivity index (χ1) is 9.92. The summed E-state index contributed by atoms with van der Waals surface area (Å²) in [5.74, 6) is -0.531. The number of aliphatic carboxylic acids is 1. The Bertz CT molecular complexity index is 498. The molecule has 6 nitrogen and oxygen atoms in total. The first-order valence-electron chi connectivity index (χ1n) is 6.30. The molecule has 0 aromatic heterocycles. The molecule has 0 spiro atoms. The van der Waals surface area contributed by atoms with Crippen LogP contribution in [-0.2, 0) is 9.59 Å². The number of anilines is 1. The van der Waals surface area contributed by atoms with E-state index in [0.717, 1.165) is 0 Å². The summed E-state index contributed by atoms with van der Waals surface area (Å²) < 4.78 is 10.3. The summed E-state index contributed by atoms with van der Waals surface area (Å²) in [6.45, 7) is 1.26. The molecule has 7 heteroatoms. The summed E-state index contributed by atoms with van der Waals surface area (Å²) >= 11 is 4.09. The van der Waals surface area contributed by atoms with Crippen LogP contribution in [0.4, 0.5) is 5.69 Å². The molecule has 0 saturated heterocycles. The molecule has 0 aliphatic carbocycles. The number of ether oxygens (including phenoxy) is 2. The number of hydrogen-bond acceptors (Lipinski definition) is 5. The van der Waals surface area contributed by atoms with Crippen LogP contribution < -0.4 is 14.4 Å². The quantitative estimate of drug-likeness (QED) is 0.749. The van der Waals surface area contributed by atoms with Crippen LogP contribution in [0.3, 0.4) is 0 Å². The Hall–Kier alpha value is -1.89. The van der Waals surface area contributed by atoms with Crippen LogP contribution in [0.5, 0.6) is 11.5 Å². The van der Waals surface area contributed by atoms with Gasteiger partial charge in [0.1, 0.15) is 18.0 Å². The Labute approximate surface area is 129 Å². The monoisotopic (exact) mass is 313 g/mol. The van der Waals surface area contributed by atoms with E-state index in [1.54, 1.807) is 25.1 Å². The van der Waals surface area contributed by atoms with E-state index in [1.807, 2.05) is 0 Å². The van der Waals surface area contributed by atoms with Crippen LogP contribution >= 0.6 is 12.6 Å². The van der Waals surface area contributed by atoms with Gasteiger partial charge >= 0.3 is 5.97 Å². The van der Waals surface area contributed by atoms with E-state index in [1.165, 1.54) is 19.1 Å². The maximum Gasteiger partial charge on any atom is 0.323 e. The number of amides is 1. The van der Waals surface area contributed by atoms with Crippen LogP contribution in [-0.4, -0.2) is 43.5 Å². The van der Waals surface area contributed by atoms with Crippen molar-refractivity contribution in [3.05, 3.63) is 18.2 Å². The van der Waals surface area contributed by atoms with Gasteiger partial charge in [-0.3, -0.25) is 9.59 Å². The fourth-order valence-electron chi connectivity index (χ4n) is 1.72. The van der Waals surface area contributed by atoms with Gasteiger partial charge in [0, 0.05) is 29.9 Å². The van der Waals surface area contributed by atoms with Crippen LogP contribution in [0.1, 0.15) is 6.92 Å². The van der Waals surface area contributed by atoms with Crippen molar-refractivity contribution in [3.63, 3.8) is 0 Å². The predicted molar refractivity (Wildman–Crippen MR) is 82.6 cm³/mol. The minimum atomic E-state index is -1.10. The van der Waals surface area contributed by atoms with E-state index < -0.39 is 18.4 Å². The lowest BCUT2D eigenvalue weighted by Crippen LogP contribution is -2.39. The van der Waals surface area contributed by atoms with Gasteiger partial charge in [-0.1, -0.05) is 6.92 Å². The van der Waals surface area contributed by atoms with E-state index >= 15 is 0 Å². The maximum absolute atomic E-state index is 12.3. The third-order valence-electron chi connectivity index (χ3n) is 2.90. The number of thiol groups is 1. The lowest BCUT2D eigenvalue weighted by Gasteiger charge is -2.24. The van der Waals surface area contributed by atoms with Crippen LogP contribution in [0.25, 0.3) is 0 Å². The molecular weight excluding hydrogens is 294 g/mol. The molecule has 1 N–H and O–H groups in total. The van der Waals surface area contributed by atoms with Crippen molar-refractivity contribution in [3.8, 4) is 11.5 Å². The normalized spacial score (nSPS) is 11.6. The molecule has 1 aromatic rings. The highest BCUT2D eigenvalue weighted by atomic mass is 32.1. The van der Waals surface area contributed by atoms with Crippen molar-refractivity contribution in [2.75, 3.05) is 31.4 Å². The van der Waals surface area contributed by atoms with Crippen molar-refractivity contribution in [1.82, 2.24) is 0 Å². The van der Waals surface area contributed by atoms with Gasteiger partial charge in [0.15, 0.2) is 0 Å². The van der Waals surface area contributed by atoms with Gasteiger partial charge in [-0.2, -0.15) is 12.6 Å². The average Bonchev–Trinajstić information content (AvgIpc) is 2.50. The highest BCUT2D eigenvalue weighted by Gasteiger charge is 2.24. The van der Waals surface area contributed by atoms with Gasteiger partial charge in [-0.25, -0.2) is 0 Å². The molecule has 0 unspecified atom stereocenters. The van der Waals surface area contributed by atoms with Crippen molar-refractivity contribution in [2.24, 2.45) is 5.92 Å². The minimum absolute atomic E-state index is 0.317. The molecule has 0 bridgehead atoms. The lowest BCUT2D eigenvalue weighted by molar-refractivity contribution is -0.137. The summed E-state index contributed by atoms with van der Waals surface area (Å²) in [5, 5.41) is 9.03. The number of rotatable bonds is 7. The zero-order chi connectivity index (χ0) is 16.0. The van der Waals surface area contributed by atoms with Crippen LogP contribution in [0.15, 0.2) is 18.2 Å². The molecule has 21 heavy (non-hydrogen) atoms. The number of carbonyl (C=O) groups is 2. The standard InChI is InChI=1S/C14H19NO5S/c1-9(8-21)14(18)15(7-13(16)17)10-4-11(19-2)6-12(5-10)20-3/h4-6,9,21H,7-8H2,1-3H3,(H,16,17)/t9-/m0/s1. The summed E-state index contributed by atoms with van der Waals surface area (Å²) in [4.78, 5) is 24.6. The van der Waals surface area contributed by atoms with Gasteiger partial charge in [-0.05, 0) is 0 Å². The highest BCUT2D eigenvalue weighted by molar-refractivity contribution is 7.80. The number of methoxy groups -OCH3 is 2. The molecule has 1 atom stereocenters. The maximum atomic E-state index is 12.3. The second-order valence-electron chi connectivity index (χ2n) is 4.47. The number of benzene rings is 1. The van der Waals surface area contributed by atoms with E-state index in [-0.39, 0.29) is 5.91 Å². The summed E-state index contributed by atoms with van der Waals surface area (Å²) in [6, 6.07) is 4.83. The Morgan fingerprint density at radius 1 is 1.24 bits per heavy atom. The average molecular weight is 313 g/mol. The third kappa shape index (κ3) is 4.56. The van der Waals surface area contributed by atoms with Gasteiger partial charge in [-0.15, -0.1) is 0 Å². The minimum Gasteiger partial charge on any atom is -0.497 e. The number of hydrogen-bond donors (Lipinski definition) is 2. The van der Waals surface area contributed by atoms with Crippen molar-refractivity contribution >= 4 is 30.2 Å². The Morgan fingerprint density at radius 3 is 2.14 bits per heavy atom. The molecule has 0 aliphatic rings. The second-order valence-corrected chi connectivity index (χ2v) is 4.84. The van der Waals surface area contributed by atoms with Crippen molar-refractivity contribution < 1.29 is 24.2 Å². The fourth-order valence-corrected chi connectivity index (χ4v) is 1.88. The predicted octanol–water partition coefficient (Wildman–Crippen LogP) is 1.69. The highest BCUT2D eigenvalue weighted by Crippen LogP contribution is 2.29. The number of carbonyl (C=O) groups excluding carboxylic acids is 1. The summed E-state index contributed by atoms with van der Waals surface area (Å²) in [6.07, 6.45) is 0. The molecule has 1 aromatic carbocycles. The molecule has 0 heterocycles. The van der Waals surface area contributed by atoms with E-state index in [9.17, 15) is 9.59 Å². The number of carboxylic acids is 1. The molecule has 0 saturated carbocycles. The molecule has 1 rings (SSSR count). The molecule has 116 valence electrons.